The summed E-state index contributed by atoms with van der Waals surface area (Å²) in [4.78, 5) is 12.9. The zero-order chi connectivity index (χ0) is 16.4. The van der Waals surface area contributed by atoms with E-state index < -0.39 is 10.8 Å². The van der Waals surface area contributed by atoms with Crippen LogP contribution in [0.1, 0.15) is 24.3 Å². The molecule has 118 valence electrons. The molecule has 3 rings (SSSR count). The maximum atomic E-state index is 12.6. The smallest absolute Gasteiger partial charge is 0.176 e. The van der Waals surface area contributed by atoms with E-state index in [1.54, 1.807) is 24.3 Å². The minimum Gasteiger partial charge on any atom is -0.511 e. The average Bonchev–Trinajstić information content (AvgIpc) is 2.55. The Bertz CT molecular complexity index is 782. The number of rotatable bonds is 3. The highest BCUT2D eigenvalue weighted by atomic mass is 35.5. The van der Waals surface area contributed by atoms with Crippen molar-refractivity contribution in [2.24, 2.45) is 0 Å². The third-order valence-corrected chi connectivity index (χ3v) is 5.66. The summed E-state index contributed by atoms with van der Waals surface area (Å²) in [5, 5.41) is 10.8. The summed E-state index contributed by atoms with van der Waals surface area (Å²) in [6.45, 7) is 0. The molecule has 0 saturated carbocycles. The summed E-state index contributed by atoms with van der Waals surface area (Å²) in [5.74, 6) is -0.422. The SMILES string of the molecule is O=C1CC(c2ccccc2)CC(O)=C1[S@@](=O)c1ccc(Cl)cc1. The van der Waals surface area contributed by atoms with Crippen molar-refractivity contribution in [1.82, 2.24) is 0 Å². The van der Waals surface area contributed by atoms with Crippen molar-refractivity contribution < 1.29 is 14.1 Å². The van der Waals surface area contributed by atoms with Crippen molar-refractivity contribution in [3.05, 3.63) is 75.8 Å². The van der Waals surface area contributed by atoms with Gasteiger partial charge in [-0.05, 0) is 35.7 Å². The molecule has 0 fully saturated rings. The van der Waals surface area contributed by atoms with E-state index >= 15 is 0 Å². The molecule has 0 aliphatic heterocycles. The quantitative estimate of drug-likeness (QED) is 0.898. The number of Topliss-reactive ketones (excluding diaryl/α,β-unsaturated/α-hetero) is 1. The zero-order valence-electron chi connectivity index (χ0n) is 12.2. The van der Waals surface area contributed by atoms with Crippen LogP contribution in [0, 0.1) is 0 Å². The van der Waals surface area contributed by atoms with Gasteiger partial charge in [-0.3, -0.25) is 4.79 Å². The van der Waals surface area contributed by atoms with Gasteiger partial charge in [-0.25, -0.2) is 4.21 Å². The molecule has 0 aromatic heterocycles. The monoisotopic (exact) mass is 346 g/mol. The molecule has 1 aliphatic rings. The number of aliphatic hydroxyl groups is 1. The standard InChI is InChI=1S/C18H15ClO3S/c19-14-6-8-15(9-7-14)23(22)18-16(20)10-13(11-17(18)21)12-4-2-1-3-5-12/h1-9,13,20H,10-11H2/t13?,23-/m0/s1. The van der Waals surface area contributed by atoms with E-state index in [2.05, 4.69) is 0 Å². The fraction of sp³-hybridized carbons (Fsp3) is 0.167. The first-order chi connectivity index (χ1) is 11.1. The van der Waals surface area contributed by atoms with Crippen molar-refractivity contribution >= 4 is 28.2 Å². The molecular weight excluding hydrogens is 332 g/mol. The number of hydrogen-bond acceptors (Lipinski definition) is 3. The van der Waals surface area contributed by atoms with E-state index in [-0.39, 0.29) is 28.8 Å². The van der Waals surface area contributed by atoms with Crippen LogP contribution in [-0.4, -0.2) is 15.1 Å². The Hall–Kier alpha value is -1.91. The van der Waals surface area contributed by atoms with Gasteiger partial charge in [0, 0.05) is 22.8 Å². The van der Waals surface area contributed by atoms with Crippen LogP contribution in [0.4, 0.5) is 0 Å². The molecule has 5 heteroatoms. The van der Waals surface area contributed by atoms with E-state index in [4.69, 9.17) is 11.6 Å². The van der Waals surface area contributed by atoms with Crippen LogP contribution in [0.15, 0.2) is 70.2 Å². The van der Waals surface area contributed by atoms with E-state index in [0.717, 1.165) is 5.56 Å². The van der Waals surface area contributed by atoms with E-state index in [9.17, 15) is 14.1 Å². The van der Waals surface area contributed by atoms with Crippen molar-refractivity contribution in [2.45, 2.75) is 23.7 Å². The number of benzene rings is 2. The normalized spacial score (nSPS) is 19.7. The first-order valence-corrected chi connectivity index (χ1v) is 8.76. The molecule has 2 atom stereocenters. The molecule has 1 aliphatic carbocycles. The Morgan fingerprint density at radius 2 is 1.65 bits per heavy atom. The topological polar surface area (TPSA) is 54.4 Å². The van der Waals surface area contributed by atoms with Crippen LogP contribution >= 0.6 is 11.6 Å². The highest BCUT2D eigenvalue weighted by molar-refractivity contribution is 7.90. The second kappa shape index (κ2) is 6.69. The highest BCUT2D eigenvalue weighted by Crippen LogP contribution is 2.35. The fourth-order valence-electron chi connectivity index (χ4n) is 2.72. The number of halogens is 1. The summed E-state index contributed by atoms with van der Waals surface area (Å²) in [5.41, 5.74) is 1.00. The van der Waals surface area contributed by atoms with Crippen LogP contribution in [0.3, 0.4) is 0 Å². The predicted octanol–water partition coefficient (Wildman–Crippen LogP) is 4.36. The van der Waals surface area contributed by atoms with Gasteiger partial charge in [0.05, 0.1) is 10.8 Å². The molecule has 0 spiro atoms. The lowest BCUT2D eigenvalue weighted by atomic mass is 9.86. The van der Waals surface area contributed by atoms with E-state index in [1.807, 2.05) is 30.3 Å². The zero-order valence-corrected chi connectivity index (χ0v) is 13.8. The van der Waals surface area contributed by atoms with Gasteiger partial charge < -0.3 is 5.11 Å². The molecular formula is C18H15ClO3S. The fourth-order valence-corrected chi connectivity index (χ4v) is 4.06. The van der Waals surface area contributed by atoms with Gasteiger partial charge in [-0.15, -0.1) is 0 Å². The molecule has 2 aromatic rings. The van der Waals surface area contributed by atoms with Crippen molar-refractivity contribution in [1.29, 1.82) is 0 Å². The summed E-state index contributed by atoms with van der Waals surface area (Å²) < 4.78 is 12.6. The van der Waals surface area contributed by atoms with Crippen molar-refractivity contribution in [3.63, 3.8) is 0 Å². The number of aliphatic hydroxyl groups excluding tert-OH is 1. The van der Waals surface area contributed by atoms with E-state index in [1.165, 1.54) is 0 Å². The van der Waals surface area contributed by atoms with Gasteiger partial charge in [0.2, 0.25) is 0 Å². The Morgan fingerprint density at radius 1 is 1.00 bits per heavy atom. The maximum absolute atomic E-state index is 12.6. The third-order valence-electron chi connectivity index (χ3n) is 3.87. The lowest BCUT2D eigenvalue weighted by Crippen LogP contribution is -2.21. The second-order valence-corrected chi connectivity index (χ2v) is 7.29. The Labute approximate surface area is 142 Å². The molecule has 0 amide bonds. The Morgan fingerprint density at radius 3 is 2.26 bits per heavy atom. The predicted molar refractivity (Wildman–Crippen MR) is 90.9 cm³/mol. The first kappa shape index (κ1) is 16.0. The maximum Gasteiger partial charge on any atom is 0.176 e. The molecule has 0 radical (unpaired) electrons. The lowest BCUT2D eigenvalue weighted by molar-refractivity contribution is -0.116. The number of carbonyl (C=O) groups excluding carboxylic acids is 1. The lowest BCUT2D eigenvalue weighted by Gasteiger charge is -2.23. The highest BCUT2D eigenvalue weighted by Gasteiger charge is 2.32. The van der Waals surface area contributed by atoms with Crippen LogP contribution in [0.25, 0.3) is 0 Å². The minimum absolute atomic E-state index is 0.0134. The summed E-state index contributed by atoms with van der Waals surface area (Å²) in [7, 11) is -1.69. The number of ketones is 1. The van der Waals surface area contributed by atoms with Crippen molar-refractivity contribution in [3.8, 4) is 0 Å². The van der Waals surface area contributed by atoms with Gasteiger partial charge >= 0.3 is 0 Å². The van der Waals surface area contributed by atoms with Crippen LogP contribution in [-0.2, 0) is 15.6 Å². The summed E-state index contributed by atoms with van der Waals surface area (Å²) in [6, 6.07) is 16.0. The molecule has 3 nitrogen and oxygen atoms in total. The van der Waals surface area contributed by atoms with E-state index in [0.29, 0.717) is 16.3 Å². The summed E-state index contributed by atoms with van der Waals surface area (Å²) in [6.07, 6.45) is 0.577. The molecule has 0 heterocycles. The first-order valence-electron chi connectivity index (χ1n) is 7.24. The average molecular weight is 347 g/mol. The van der Waals surface area contributed by atoms with Crippen LogP contribution in [0.2, 0.25) is 5.02 Å². The molecule has 0 bridgehead atoms. The van der Waals surface area contributed by atoms with Gasteiger partial charge in [0.15, 0.2) is 5.78 Å². The van der Waals surface area contributed by atoms with Gasteiger partial charge in [0.1, 0.15) is 10.7 Å². The molecule has 23 heavy (non-hydrogen) atoms. The minimum atomic E-state index is -1.69. The molecule has 1 unspecified atom stereocenters. The summed E-state index contributed by atoms with van der Waals surface area (Å²) >= 11 is 5.82. The number of carbonyl (C=O) groups is 1. The third kappa shape index (κ3) is 3.38. The van der Waals surface area contributed by atoms with Crippen LogP contribution < -0.4 is 0 Å². The molecule has 0 saturated heterocycles. The molecule has 1 N–H and O–H groups in total. The van der Waals surface area contributed by atoms with Gasteiger partial charge in [0.25, 0.3) is 0 Å². The number of hydrogen-bond donors (Lipinski definition) is 1. The van der Waals surface area contributed by atoms with Gasteiger partial charge in [-0.1, -0.05) is 41.9 Å². The number of allylic oxidation sites excluding steroid dienone is 2. The van der Waals surface area contributed by atoms with Crippen molar-refractivity contribution in [2.75, 3.05) is 0 Å². The van der Waals surface area contributed by atoms with Crippen LogP contribution in [0.5, 0.6) is 0 Å². The largest absolute Gasteiger partial charge is 0.511 e. The molecule has 2 aromatic carbocycles. The second-order valence-electron chi connectivity index (χ2n) is 5.44. The Balaban J connectivity index is 1.89. The van der Waals surface area contributed by atoms with Gasteiger partial charge in [-0.2, -0.15) is 0 Å². The Kier molecular flexibility index (Phi) is 4.64.